The third-order valence-electron chi connectivity index (χ3n) is 3.71. The maximum Gasteiger partial charge on any atom is 1.00 e. The van der Waals surface area contributed by atoms with Gasteiger partial charge in [-0.3, -0.25) is 4.98 Å². The molecule has 0 spiro atoms. The predicted molar refractivity (Wildman–Crippen MR) is 95.2 cm³/mol. The van der Waals surface area contributed by atoms with Crippen LogP contribution in [-0.4, -0.2) is 44.2 Å². The first-order chi connectivity index (χ1) is 13.3. The van der Waals surface area contributed by atoms with Crippen LogP contribution in [0.3, 0.4) is 0 Å². The predicted octanol–water partition coefficient (Wildman–Crippen LogP) is -0.828. The molecule has 0 radical (unpaired) electrons. The molecule has 0 amide bonds. The van der Waals surface area contributed by atoms with Crippen molar-refractivity contribution in [1.29, 1.82) is 0 Å². The number of H-pyrrole nitrogens is 1. The summed E-state index contributed by atoms with van der Waals surface area (Å²) < 4.78 is 66.7. The van der Waals surface area contributed by atoms with Crippen LogP contribution in [0.5, 0.6) is 17.2 Å². The van der Waals surface area contributed by atoms with E-state index in [0.717, 1.165) is 0 Å². The Morgan fingerprint density at radius 2 is 2.00 bits per heavy atom. The Labute approximate surface area is 188 Å². The van der Waals surface area contributed by atoms with Gasteiger partial charge in [0.1, 0.15) is 11.4 Å². The molecular weight excluding hydrogens is 421 g/mol. The van der Waals surface area contributed by atoms with Gasteiger partial charge in [-0.1, -0.05) is 0 Å². The molecular formula is C16H17F2N4NaO5S. The number of methoxy groups -OCH3 is 2. The molecule has 3 rings (SSSR count). The molecule has 2 N–H and O–H groups in total. The summed E-state index contributed by atoms with van der Waals surface area (Å²) in [6.45, 7) is -3.17. The third-order valence-corrected chi connectivity index (χ3v) is 4.93. The first kappa shape index (κ1) is 23.3. The van der Waals surface area contributed by atoms with Crippen molar-refractivity contribution < 1.29 is 62.4 Å². The molecule has 29 heavy (non-hydrogen) atoms. The molecule has 0 saturated carbocycles. The maximum absolute atomic E-state index is 12.5. The number of alkyl halides is 2. The summed E-state index contributed by atoms with van der Waals surface area (Å²) in [6.07, 6.45) is 1.46. The summed E-state index contributed by atoms with van der Waals surface area (Å²) in [5, 5.41) is -0.376. The Morgan fingerprint density at radius 1 is 1.24 bits per heavy atom. The normalized spacial score (nSPS) is 11.3. The first-order valence-electron chi connectivity index (χ1n) is 7.84. The molecule has 3 aromatic rings. The minimum atomic E-state index is -4.04. The standard InChI is InChI=1S/C16H16F2N4O5S.Na.H/c1-25-13-5-6-19-12(14(13)26-2)8-20-28(23,24)16-21-10-4-3-9(27-15(17)18)7-11(10)22-16;;/h3-7,15,20H,8H2,1-2H3,(H,21,22);;/q;+1;-1. The number of nitrogens with zero attached hydrogens (tertiary/aromatic N) is 2. The van der Waals surface area contributed by atoms with Crippen molar-refractivity contribution in [2.75, 3.05) is 14.2 Å². The van der Waals surface area contributed by atoms with Crippen LogP contribution < -0.4 is 48.5 Å². The van der Waals surface area contributed by atoms with E-state index in [4.69, 9.17) is 9.47 Å². The largest absolute Gasteiger partial charge is 1.00 e. The van der Waals surface area contributed by atoms with Crippen molar-refractivity contribution in [3.63, 3.8) is 0 Å². The number of pyridine rings is 1. The van der Waals surface area contributed by atoms with Gasteiger partial charge >= 0.3 is 36.2 Å². The zero-order chi connectivity index (χ0) is 20.3. The summed E-state index contributed by atoms with van der Waals surface area (Å²) in [5.41, 5.74) is 0.823. The SMILES string of the molecule is COc1ccnc(CNS(=O)(=O)c2nc3ccc(OC(F)F)cc3[nH]2)c1OC.[H-].[Na+]. The number of imidazole rings is 1. The van der Waals surface area contributed by atoms with E-state index in [9.17, 15) is 17.2 Å². The number of sulfonamides is 1. The maximum atomic E-state index is 12.5. The smallest absolute Gasteiger partial charge is 1.00 e. The van der Waals surface area contributed by atoms with E-state index in [-0.39, 0.29) is 59.5 Å². The van der Waals surface area contributed by atoms with E-state index in [2.05, 4.69) is 24.4 Å². The second-order valence-electron chi connectivity index (χ2n) is 5.42. The van der Waals surface area contributed by atoms with Crippen molar-refractivity contribution in [2.45, 2.75) is 18.3 Å². The van der Waals surface area contributed by atoms with E-state index >= 15 is 0 Å². The molecule has 0 unspecified atom stereocenters. The molecule has 0 aliphatic carbocycles. The Balaban J connectivity index is 0.00000225. The van der Waals surface area contributed by atoms with Crippen LogP contribution in [0.25, 0.3) is 11.0 Å². The number of aromatic nitrogens is 3. The average Bonchev–Trinajstić information content (AvgIpc) is 3.09. The van der Waals surface area contributed by atoms with Gasteiger partial charge < -0.3 is 20.6 Å². The zero-order valence-corrected chi connectivity index (χ0v) is 18.6. The molecule has 0 fully saturated rings. The van der Waals surface area contributed by atoms with Gasteiger partial charge in [-0.25, -0.2) is 18.1 Å². The number of hydrogen-bond acceptors (Lipinski definition) is 7. The van der Waals surface area contributed by atoms with Crippen LogP contribution in [0.4, 0.5) is 8.78 Å². The Hall–Kier alpha value is -1.99. The fourth-order valence-electron chi connectivity index (χ4n) is 2.48. The van der Waals surface area contributed by atoms with E-state index in [1.165, 1.54) is 38.6 Å². The zero-order valence-electron chi connectivity index (χ0n) is 16.8. The monoisotopic (exact) mass is 438 g/mol. The molecule has 9 nitrogen and oxygen atoms in total. The van der Waals surface area contributed by atoms with Gasteiger partial charge in [0.15, 0.2) is 11.5 Å². The third kappa shape index (κ3) is 5.34. The fourth-order valence-corrected chi connectivity index (χ4v) is 3.40. The van der Waals surface area contributed by atoms with E-state index in [1.807, 2.05) is 0 Å². The number of hydrogen-bond donors (Lipinski definition) is 2. The van der Waals surface area contributed by atoms with Crippen molar-refractivity contribution in [1.82, 2.24) is 19.7 Å². The number of halogens is 2. The molecule has 0 atom stereocenters. The van der Waals surface area contributed by atoms with Crippen LogP contribution >= 0.6 is 0 Å². The minimum Gasteiger partial charge on any atom is -1.00 e. The Bertz CT molecular complexity index is 1100. The number of rotatable bonds is 8. The van der Waals surface area contributed by atoms with Crippen LogP contribution in [-0.2, 0) is 16.6 Å². The van der Waals surface area contributed by atoms with Gasteiger partial charge in [-0.15, -0.1) is 0 Å². The number of aromatic amines is 1. The average molecular weight is 438 g/mol. The van der Waals surface area contributed by atoms with Crippen LogP contribution in [0.15, 0.2) is 35.6 Å². The van der Waals surface area contributed by atoms with Gasteiger partial charge in [0, 0.05) is 18.3 Å². The van der Waals surface area contributed by atoms with Gasteiger partial charge in [-0.05, 0) is 12.1 Å². The Kier molecular flexibility index (Phi) is 7.77. The number of benzene rings is 1. The molecule has 13 heteroatoms. The second-order valence-corrected chi connectivity index (χ2v) is 7.10. The van der Waals surface area contributed by atoms with Crippen LogP contribution in [0.2, 0.25) is 0 Å². The molecule has 2 heterocycles. The van der Waals surface area contributed by atoms with Gasteiger partial charge in [0.2, 0.25) is 5.16 Å². The summed E-state index contributed by atoms with van der Waals surface area (Å²) in [7, 11) is -1.18. The summed E-state index contributed by atoms with van der Waals surface area (Å²) in [6, 6.07) is 5.45. The molecule has 2 aromatic heterocycles. The summed E-state index contributed by atoms with van der Waals surface area (Å²) >= 11 is 0. The fraction of sp³-hybridized carbons (Fsp3) is 0.250. The summed E-state index contributed by atoms with van der Waals surface area (Å²) in [4.78, 5) is 10.6. The number of ether oxygens (including phenoxy) is 3. The van der Waals surface area contributed by atoms with Crippen LogP contribution in [0.1, 0.15) is 7.12 Å². The topological polar surface area (TPSA) is 115 Å². The minimum absolute atomic E-state index is 0. The van der Waals surface area contributed by atoms with E-state index < -0.39 is 16.6 Å². The molecule has 152 valence electrons. The van der Waals surface area contributed by atoms with Gasteiger partial charge in [-0.2, -0.15) is 8.78 Å². The first-order valence-corrected chi connectivity index (χ1v) is 9.32. The van der Waals surface area contributed by atoms with Gasteiger partial charge in [0.25, 0.3) is 10.0 Å². The second kappa shape index (κ2) is 9.67. The van der Waals surface area contributed by atoms with Crippen molar-refractivity contribution in [2.24, 2.45) is 0 Å². The van der Waals surface area contributed by atoms with E-state index in [1.54, 1.807) is 6.07 Å². The van der Waals surface area contributed by atoms with Crippen molar-refractivity contribution in [3.8, 4) is 17.2 Å². The molecule has 1 aromatic carbocycles. The summed E-state index contributed by atoms with van der Waals surface area (Å²) in [5.74, 6) is 0.585. The Morgan fingerprint density at radius 3 is 2.66 bits per heavy atom. The quantitative estimate of drug-likeness (QED) is 0.441. The molecule has 0 bridgehead atoms. The van der Waals surface area contributed by atoms with Crippen molar-refractivity contribution >= 4 is 21.1 Å². The van der Waals surface area contributed by atoms with E-state index in [0.29, 0.717) is 17.2 Å². The van der Waals surface area contributed by atoms with Crippen molar-refractivity contribution in [3.05, 3.63) is 36.2 Å². The number of nitrogens with one attached hydrogen (secondary N) is 2. The van der Waals surface area contributed by atoms with Crippen LogP contribution in [0, 0.1) is 0 Å². The molecule has 0 saturated heterocycles. The molecule has 0 aliphatic heterocycles. The van der Waals surface area contributed by atoms with Gasteiger partial charge in [0.05, 0.1) is 31.8 Å². The molecule has 0 aliphatic rings. The number of fused-ring (bicyclic) bond motifs is 1.